The summed E-state index contributed by atoms with van der Waals surface area (Å²) in [5.41, 5.74) is 0.902. The summed E-state index contributed by atoms with van der Waals surface area (Å²) in [7, 11) is -1.86. The maximum absolute atomic E-state index is 13.2. The highest BCUT2D eigenvalue weighted by Crippen LogP contribution is 2.17. The van der Waals surface area contributed by atoms with Crippen molar-refractivity contribution in [1.29, 1.82) is 0 Å². The van der Waals surface area contributed by atoms with E-state index in [0.717, 1.165) is 18.7 Å². The van der Waals surface area contributed by atoms with Gasteiger partial charge in [-0.3, -0.25) is 4.79 Å². The molecule has 2 aromatic carbocycles. The van der Waals surface area contributed by atoms with Gasteiger partial charge in [-0.2, -0.15) is 4.72 Å². The van der Waals surface area contributed by atoms with E-state index in [-0.39, 0.29) is 10.8 Å². The molecule has 1 aliphatic rings. The molecule has 1 N–H and O–H groups in total. The van der Waals surface area contributed by atoms with Crippen LogP contribution in [0.25, 0.3) is 0 Å². The monoisotopic (exact) mass is 431 g/mol. The van der Waals surface area contributed by atoms with Gasteiger partial charge in [-0.05, 0) is 50.2 Å². The largest absolute Gasteiger partial charge is 0.494 e. The minimum absolute atomic E-state index is 0.107. The van der Waals surface area contributed by atoms with Gasteiger partial charge >= 0.3 is 0 Å². The van der Waals surface area contributed by atoms with Crippen LogP contribution in [-0.2, 0) is 21.2 Å². The van der Waals surface area contributed by atoms with Crippen LogP contribution in [0.4, 0.5) is 0 Å². The molecule has 0 saturated carbocycles. The summed E-state index contributed by atoms with van der Waals surface area (Å²) in [6.45, 7) is 5.09. The third-order valence-electron chi connectivity index (χ3n) is 5.14. The number of carbonyl (C=O) groups is 1. The van der Waals surface area contributed by atoms with Gasteiger partial charge < -0.3 is 14.5 Å². The molecular formula is C22H29N3O4S. The number of rotatable bonds is 8. The highest BCUT2D eigenvalue weighted by molar-refractivity contribution is 7.89. The number of hydrogen-bond acceptors (Lipinski definition) is 5. The molecule has 30 heavy (non-hydrogen) atoms. The summed E-state index contributed by atoms with van der Waals surface area (Å²) in [6, 6.07) is 14.8. The molecule has 0 bridgehead atoms. The van der Waals surface area contributed by atoms with E-state index in [2.05, 4.69) is 9.62 Å². The lowest BCUT2D eigenvalue weighted by atomic mass is 10.1. The fraction of sp³-hybridized carbons (Fsp3) is 0.409. The summed E-state index contributed by atoms with van der Waals surface area (Å²) in [5, 5.41) is 0. The topological polar surface area (TPSA) is 78.9 Å². The molecule has 162 valence electrons. The number of benzene rings is 2. The van der Waals surface area contributed by atoms with Crippen LogP contribution < -0.4 is 9.46 Å². The van der Waals surface area contributed by atoms with E-state index in [4.69, 9.17) is 4.74 Å². The van der Waals surface area contributed by atoms with Crippen LogP contribution in [0.3, 0.4) is 0 Å². The number of amides is 1. The van der Waals surface area contributed by atoms with Gasteiger partial charge in [-0.1, -0.05) is 30.3 Å². The van der Waals surface area contributed by atoms with Crippen LogP contribution in [-0.4, -0.2) is 70.0 Å². The van der Waals surface area contributed by atoms with Gasteiger partial charge in [0, 0.05) is 26.2 Å². The van der Waals surface area contributed by atoms with E-state index >= 15 is 0 Å². The smallest absolute Gasteiger partial charge is 0.241 e. The Morgan fingerprint density at radius 1 is 1.03 bits per heavy atom. The second kappa shape index (κ2) is 10.1. The van der Waals surface area contributed by atoms with Crippen LogP contribution in [0.15, 0.2) is 59.5 Å². The van der Waals surface area contributed by atoms with Gasteiger partial charge in [0.05, 0.1) is 11.5 Å². The van der Waals surface area contributed by atoms with Crippen molar-refractivity contribution >= 4 is 15.9 Å². The molecule has 0 unspecified atom stereocenters. The normalized spacial score (nSPS) is 16.3. The van der Waals surface area contributed by atoms with Crippen LogP contribution >= 0.6 is 0 Å². The first-order valence-corrected chi connectivity index (χ1v) is 11.6. The number of ether oxygens (including phenoxy) is 1. The number of carbonyl (C=O) groups excluding carboxylic acids is 1. The number of hydrogen-bond donors (Lipinski definition) is 1. The summed E-state index contributed by atoms with van der Waals surface area (Å²) in [6.07, 6.45) is 0.294. The Morgan fingerprint density at radius 3 is 2.27 bits per heavy atom. The Balaban J connectivity index is 1.80. The van der Waals surface area contributed by atoms with Crippen molar-refractivity contribution in [2.24, 2.45) is 0 Å². The van der Waals surface area contributed by atoms with Crippen molar-refractivity contribution in [3.8, 4) is 5.75 Å². The molecule has 1 fully saturated rings. The summed E-state index contributed by atoms with van der Waals surface area (Å²) in [5.74, 6) is 0.410. The van der Waals surface area contributed by atoms with Crippen LogP contribution in [0.5, 0.6) is 5.75 Å². The third kappa shape index (κ3) is 5.81. The van der Waals surface area contributed by atoms with Crippen molar-refractivity contribution < 1.29 is 17.9 Å². The molecule has 0 aliphatic carbocycles. The molecule has 1 aliphatic heterocycles. The Hall–Kier alpha value is -2.42. The average Bonchev–Trinajstić information content (AvgIpc) is 2.74. The highest BCUT2D eigenvalue weighted by atomic mass is 32.2. The van der Waals surface area contributed by atoms with Crippen molar-refractivity contribution in [2.75, 3.05) is 39.8 Å². The number of likely N-dealkylation sites (N-methyl/N-ethyl adjacent to an activating group) is 1. The number of nitrogens with zero attached hydrogens (tertiary/aromatic N) is 2. The lowest BCUT2D eigenvalue weighted by Crippen LogP contribution is -2.54. The van der Waals surface area contributed by atoms with E-state index in [1.54, 1.807) is 17.0 Å². The van der Waals surface area contributed by atoms with E-state index in [1.807, 2.05) is 44.3 Å². The Labute approximate surface area is 178 Å². The fourth-order valence-electron chi connectivity index (χ4n) is 3.41. The highest BCUT2D eigenvalue weighted by Gasteiger charge is 2.31. The molecule has 3 rings (SSSR count). The molecule has 1 saturated heterocycles. The van der Waals surface area contributed by atoms with Gasteiger partial charge in [0.2, 0.25) is 15.9 Å². The molecule has 8 heteroatoms. The first-order valence-electron chi connectivity index (χ1n) is 10.2. The van der Waals surface area contributed by atoms with Gasteiger partial charge in [0.1, 0.15) is 11.8 Å². The van der Waals surface area contributed by atoms with Crippen molar-refractivity contribution in [3.05, 3.63) is 60.2 Å². The third-order valence-corrected chi connectivity index (χ3v) is 6.63. The summed E-state index contributed by atoms with van der Waals surface area (Å²) in [4.78, 5) is 17.2. The second-order valence-electron chi connectivity index (χ2n) is 7.40. The predicted octanol–water partition coefficient (Wildman–Crippen LogP) is 1.75. The predicted molar refractivity (Wildman–Crippen MR) is 116 cm³/mol. The van der Waals surface area contributed by atoms with Crippen molar-refractivity contribution in [1.82, 2.24) is 14.5 Å². The lowest BCUT2D eigenvalue weighted by Gasteiger charge is -2.34. The molecule has 7 nitrogen and oxygen atoms in total. The maximum Gasteiger partial charge on any atom is 0.241 e. The second-order valence-corrected chi connectivity index (χ2v) is 9.11. The van der Waals surface area contributed by atoms with Crippen LogP contribution in [0, 0.1) is 0 Å². The standard InChI is InChI=1S/C22H29N3O4S/c1-3-29-19-9-11-20(12-10-19)30(27,28)23-21(17-18-7-5-4-6-8-18)22(26)25-15-13-24(2)14-16-25/h4-12,21,23H,3,13-17H2,1-2H3/t21-/m1/s1. The fourth-order valence-corrected chi connectivity index (χ4v) is 4.60. The van der Waals surface area contributed by atoms with E-state index < -0.39 is 16.1 Å². The molecule has 0 aromatic heterocycles. The number of sulfonamides is 1. The molecule has 1 atom stereocenters. The Bertz CT molecular complexity index is 925. The molecule has 1 heterocycles. The van der Waals surface area contributed by atoms with Gasteiger partial charge in [0.25, 0.3) is 0 Å². The first kappa shape index (κ1) is 22.3. The average molecular weight is 432 g/mol. The van der Waals surface area contributed by atoms with E-state index in [1.165, 1.54) is 12.1 Å². The SMILES string of the molecule is CCOc1ccc(S(=O)(=O)N[C@H](Cc2ccccc2)C(=O)N2CCN(C)CC2)cc1. The zero-order chi connectivity index (χ0) is 21.6. The number of piperazine rings is 1. The molecular weight excluding hydrogens is 402 g/mol. The molecule has 1 amide bonds. The van der Waals surface area contributed by atoms with E-state index in [0.29, 0.717) is 31.9 Å². The Kier molecular flexibility index (Phi) is 7.47. The van der Waals surface area contributed by atoms with E-state index in [9.17, 15) is 13.2 Å². The van der Waals surface area contributed by atoms with Crippen molar-refractivity contribution in [2.45, 2.75) is 24.3 Å². The molecule has 0 radical (unpaired) electrons. The Morgan fingerprint density at radius 2 is 1.67 bits per heavy atom. The van der Waals surface area contributed by atoms with Gasteiger partial charge in [-0.25, -0.2) is 8.42 Å². The minimum Gasteiger partial charge on any atom is -0.494 e. The van der Waals surface area contributed by atoms with Gasteiger partial charge in [0.15, 0.2) is 0 Å². The van der Waals surface area contributed by atoms with Crippen molar-refractivity contribution in [3.63, 3.8) is 0 Å². The maximum atomic E-state index is 13.2. The zero-order valence-corrected chi connectivity index (χ0v) is 18.3. The summed E-state index contributed by atoms with van der Waals surface area (Å²) >= 11 is 0. The summed E-state index contributed by atoms with van der Waals surface area (Å²) < 4.78 is 34.0. The number of nitrogens with one attached hydrogen (secondary N) is 1. The molecule has 2 aromatic rings. The van der Waals surface area contributed by atoms with Crippen LogP contribution in [0.2, 0.25) is 0 Å². The van der Waals surface area contributed by atoms with Gasteiger partial charge in [-0.15, -0.1) is 0 Å². The first-order chi connectivity index (χ1) is 14.4. The van der Waals surface area contributed by atoms with Crippen LogP contribution in [0.1, 0.15) is 12.5 Å². The minimum atomic E-state index is -3.87. The quantitative estimate of drug-likeness (QED) is 0.689. The zero-order valence-electron chi connectivity index (χ0n) is 17.5. The lowest BCUT2D eigenvalue weighted by molar-refractivity contribution is -0.134. The molecule has 0 spiro atoms.